The molecule has 1 saturated carbocycles. The van der Waals surface area contributed by atoms with E-state index in [0.29, 0.717) is 34.1 Å². The van der Waals surface area contributed by atoms with Gasteiger partial charge in [0.05, 0.1) is 24.1 Å². The summed E-state index contributed by atoms with van der Waals surface area (Å²) in [4.78, 5) is 25.4. The monoisotopic (exact) mass is 540 g/mol. The van der Waals surface area contributed by atoms with E-state index in [9.17, 15) is 14.0 Å². The molecule has 0 unspecified atom stereocenters. The summed E-state index contributed by atoms with van der Waals surface area (Å²) in [6.45, 7) is -0.0213. The molecule has 38 heavy (non-hydrogen) atoms. The van der Waals surface area contributed by atoms with Crippen LogP contribution in [0.5, 0.6) is 11.5 Å². The molecule has 202 valence electrons. The predicted octanol–water partition coefficient (Wildman–Crippen LogP) is 5.87. The molecule has 1 heterocycles. The first-order valence-electron chi connectivity index (χ1n) is 13.0. The van der Waals surface area contributed by atoms with Crippen molar-refractivity contribution in [3.63, 3.8) is 0 Å². The molecule has 1 aliphatic carbocycles. The maximum Gasteiger partial charge on any atom is 0.240 e. The lowest BCUT2D eigenvalue weighted by Crippen LogP contribution is -2.22. The third-order valence-corrected chi connectivity index (χ3v) is 7.80. The zero-order chi connectivity index (χ0) is 26.9. The Labute approximate surface area is 225 Å². The number of carbonyl (C=O) groups is 2. The average molecular weight is 541 g/mol. The summed E-state index contributed by atoms with van der Waals surface area (Å²) in [5, 5.41) is 16.1. The molecule has 2 aromatic carbocycles. The number of benzene rings is 2. The summed E-state index contributed by atoms with van der Waals surface area (Å²) < 4.78 is 25.6. The first-order chi connectivity index (χ1) is 18.5. The zero-order valence-corrected chi connectivity index (χ0v) is 22.3. The standard InChI is InChI=1S/C29H33FN2O5S/c1-36-27-17-20(10-12-26(27)37-15-14-33)25(34)11-13-28(35)32-31-24(16-19-6-3-2-4-7-19)22-18-38-29-21(22)8-5-9-23(29)30/h5,8-10,12,17-19,33H,2-4,6-7,11,13-16H2,1H3,(H,32,35)/b31-24+. The second-order valence-electron chi connectivity index (χ2n) is 9.43. The van der Waals surface area contributed by atoms with Gasteiger partial charge in [-0.2, -0.15) is 5.10 Å². The van der Waals surface area contributed by atoms with E-state index < -0.39 is 0 Å². The minimum absolute atomic E-state index is 0.00586. The van der Waals surface area contributed by atoms with Crippen LogP contribution in [0.3, 0.4) is 0 Å². The summed E-state index contributed by atoms with van der Waals surface area (Å²) in [6, 6.07) is 9.80. The van der Waals surface area contributed by atoms with Crippen LogP contribution in [-0.4, -0.2) is 42.8 Å². The molecule has 3 aromatic rings. The van der Waals surface area contributed by atoms with Crippen molar-refractivity contribution in [1.82, 2.24) is 5.43 Å². The van der Waals surface area contributed by atoms with E-state index in [1.165, 1.54) is 43.8 Å². The van der Waals surface area contributed by atoms with Gasteiger partial charge >= 0.3 is 0 Å². The number of fused-ring (bicyclic) bond motifs is 1. The number of nitrogens with one attached hydrogen (secondary N) is 1. The zero-order valence-electron chi connectivity index (χ0n) is 21.5. The molecular weight excluding hydrogens is 507 g/mol. The van der Waals surface area contributed by atoms with Crippen LogP contribution in [0.1, 0.15) is 67.3 Å². The van der Waals surface area contributed by atoms with Gasteiger partial charge in [-0.3, -0.25) is 9.59 Å². The Morgan fingerprint density at radius 2 is 1.95 bits per heavy atom. The molecule has 1 amide bonds. The lowest BCUT2D eigenvalue weighted by molar-refractivity contribution is -0.121. The van der Waals surface area contributed by atoms with Gasteiger partial charge in [0.2, 0.25) is 5.91 Å². The lowest BCUT2D eigenvalue weighted by atomic mass is 9.84. The van der Waals surface area contributed by atoms with Crippen molar-refractivity contribution in [1.29, 1.82) is 0 Å². The predicted molar refractivity (Wildman–Crippen MR) is 147 cm³/mol. The number of Topliss-reactive ketones (excluding diaryl/α,β-unsaturated/α-hetero) is 1. The van der Waals surface area contributed by atoms with Crippen molar-refractivity contribution in [2.75, 3.05) is 20.3 Å². The SMILES string of the molecule is COc1cc(C(=O)CCC(=O)N/N=C(\CC2CCCCC2)c2csc3c(F)cccc23)ccc1OCCO. The van der Waals surface area contributed by atoms with Gasteiger partial charge in [0.15, 0.2) is 17.3 Å². The van der Waals surface area contributed by atoms with Crippen LogP contribution in [0.2, 0.25) is 0 Å². The van der Waals surface area contributed by atoms with E-state index in [2.05, 4.69) is 10.5 Å². The fraction of sp³-hybridized carbons (Fsp3) is 0.414. The Morgan fingerprint density at radius 3 is 2.71 bits per heavy atom. The number of aliphatic hydroxyl groups is 1. The van der Waals surface area contributed by atoms with E-state index in [1.807, 2.05) is 11.4 Å². The Balaban J connectivity index is 1.43. The number of amides is 1. The van der Waals surface area contributed by atoms with Gasteiger partial charge in [0, 0.05) is 34.7 Å². The van der Waals surface area contributed by atoms with Crippen LogP contribution < -0.4 is 14.9 Å². The number of ether oxygens (including phenoxy) is 2. The molecule has 1 fully saturated rings. The second kappa shape index (κ2) is 13.5. The number of hydrazone groups is 1. The Morgan fingerprint density at radius 1 is 1.13 bits per heavy atom. The minimum atomic E-state index is -0.361. The quantitative estimate of drug-likeness (QED) is 0.170. The second-order valence-corrected chi connectivity index (χ2v) is 10.3. The number of hydrogen-bond acceptors (Lipinski definition) is 7. The normalized spacial score (nSPS) is 14.4. The number of halogens is 1. The van der Waals surface area contributed by atoms with Crippen molar-refractivity contribution in [2.24, 2.45) is 11.0 Å². The van der Waals surface area contributed by atoms with Gasteiger partial charge in [0.1, 0.15) is 12.4 Å². The highest BCUT2D eigenvalue weighted by Gasteiger charge is 2.20. The average Bonchev–Trinajstić information content (AvgIpc) is 3.38. The Hall–Kier alpha value is -3.30. The van der Waals surface area contributed by atoms with Gasteiger partial charge in [-0.05, 0) is 36.6 Å². The van der Waals surface area contributed by atoms with E-state index in [-0.39, 0.29) is 43.6 Å². The van der Waals surface area contributed by atoms with E-state index in [0.717, 1.165) is 29.5 Å². The van der Waals surface area contributed by atoms with Gasteiger partial charge in [-0.25, -0.2) is 9.82 Å². The smallest absolute Gasteiger partial charge is 0.240 e. The number of rotatable bonds is 12. The van der Waals surface area contributed by atoms with E-state index in [4.69, 9.17) is 14.6 Å². The van der Waals surface area contributed by atoms with Crippen LogP contribution in [-0.2, 0) is 4.79 Å². The number of hydrogen-bond donors (Lipinski definition) is 2. The minimum Gasteiger partial charge on any atom is -0.493 e. The largest absolute Gasteiger partial charge is 0.493 e. The summed E-state index contributed by atoms with van der Waals surface area (Å²) in [5.41, 5.74) is 4.64. The molecule has 0 atom stereocenters. The fourth-order valence-electron chi connectivity index (χ4n) is 4.80. The van der Waals surface area contributed by atoms with E-state index >= 15 is 0 Å². The van der Waals surface area contributed by atoms with Gasteiger partial charge < -0.3 is 14.6 Å². The molecule has 0 spiro atoms. The number of carbonyl (C=O) groups excluding carboxylic acids is 2. The molecule has 0 aliphatic heterocycles. The Bertz CT molecular complexity index is 1300. The van der Waals surface area contributed by atoms with Crippen molar-refractivity contribution < 1.29 is 28.6 Å². The maximum atomic E-state index is 14.3. The summed E-state index contributed by atoms with van der Waals surface area (Å²) in [6.07, 6.45) is 6.54. The third kappa shape index (κ3) is 6.96. The third-order valence-electron chi connectivity index (χ3n) is 6.80. The molecule has 0 radical (unpaired) electrons. The molecule has 4 rings (SSSR count). The van der Waals surface area contributed by atoms with Crippen LogP contribution >= 0.6 is 11.3 Å². The van der Waals surface area contributed by atoms with E-state index in [1.54, 1.807) is 24.3 Å². The molecule has 2 N–H and O–H groups in total. The van der Waals surface area contributed by atoms with Crippen molar-refractivity contribution in [3.8, 4) is 11.5 Å². The van der Waals surface area contributed by atoms with Crippen LogP contribution in [0, 0.1) is 11.7 Å². The molecule has 0 saturated heterocycles. The molecular formula is C29H33FN2O5S. The number of nitrogens with zero attached hydrogens (tertiary/aromatic N) is 1. The van der Waals surface area contributed by atoms with Crippen LogP contribution in [0.4, 0.5) is 4.39 Å². The topological polar surface area (TPSA) is 97.2 Å². The van der Waals surface area contributed by atoms with Crippen molar-refractivity contribution in [3.05, 3.63) is 58.7 Å². The number of aliphatic hydroxyl groups excluding tert-OH is 1. The van der Waals surface area contributed by atoms with Crippen LogP contribution in [0.15, 0.2) is 46.9 Å². The number of methoxy groups -OCH3 is 1. The molecule has 9 heteroatoms. The lowest BCUT2D eigenvalue weighted by Gasteiger charge is -2.22. The van der Waals surface area contributed by atoms with Gasteiger partial charge in [-0.15, -0.1) is 11.3 Å². The Kier molecular flexibility index (Phi) is 9.84. The number of thiophene rings is 1. The van der Waals surface area contributed by atoms with Gasteiger partial charge in [0.25, 0.3) is 0 Å². The summed E-state index contributed by atoms with van der Waals surface area (Å²) in [5.74, 6) is 0.450. The molecule has 1 aromatic heterocycles. The molecule has 1 aliphatic rings. The maximum absolute atomic E-state index is 14.3. The number of ketones is 1. The van der Waals surface area contributed by atoms with Gasteiger partial charge in [-0.1, -0.05) is 44.2 Å². The van der Waals surface area contributed by atoms with Crippen LogP contribution in [0.25, 0.3) is 10.1 Å². The highest BCUT2D eigenvalue weighted by Crippen LogP contribution is 2.33. The summed E-state index contributed by atoms with van der Waals surface area (Å²) in [7, 11) is 1.47. The first kappa shape index (κ1) is 27.7. The highest BCUT2D eigenvalue weighted by molar-refractivity contribution is 7.17. The molecule has 0 bridgehead atoms. The highest BCUT2D eigenvalue weighted by atomic mass is 32.1. The van der Waals surface area contributed by atoms with Crippen molar-refractivity contribution >= 4 is 38.8 Å². The van der Waals surface area contributed by atoms with Crippen molar-refractivity contribution in [2.45, 2.75) is 51.4 Å². The molecule has 7 nitrogen and oxygen atoms in total. The summed E-state index contributed by atoms with van der Waals surface area (Å²) >= 11 is 1.34. The first-order valence-corrected chi connectivity index (χ1v) is 13.8. The fourth-order valence-corrected chi connectivity index (χ4v) is 5.78.